The topological polar surface area (TPSA) is 18.5 Å². The van der Waals surface area contributed by atoms with Crippen molar-refractivity contribution >= 4 is 11.8 Å². The summed E-state index contributed by atoms with van der Waals surface area (Å²) in [5.74, 6) is 0.902. The molecule has 0 aliphatic heterocycles. The molecule has 0 fully saturated rings. The lowest BCUT2D eigenvalue weighted by atomic mass is 9.98. The van der Waals surface area contributed by atoms with Crippen molar-refractivity contribution in [1.82, 2.24) is 0 Å². The Morgan fingerprint density at radius 3 is 1.65 bits per heavy atom. The van der Waals surface area contributed by atoms with Crippen LogP contribution in [0, 0.1) is 0 Å². The number of methoxy groups -OCH3 is 1. The SMILES string of the molecule is COC(C)(C)c1ccc(Sc2ccc(OC(C)(C)C)cc2)cc1. The lowest BCUT2D eigenvalue weighted by molar-refractivity contribution is 0.0192. The van der Waals surface area contributed by atoms with Gasteiger partial charge in [0.15, 0.2) is 0 Å². The minimum atomic E-state index is -0.255. The zero-order valence-corrected chi connectivity index (χ0v) is 15.7. The van der Waals surface area contributed by atoms with Crippen LogP contribution in [0.25, 0.3) is 0 Å². The molecular formula is C20H26O2S. The first-order chi connectivity index (χ1) is 10.7. The van der Waals surface area contributed by atoms with E-state index >= 15 is 0 Å². The van der Waals surface area contributed by atoms with Gasteiger partial charge in [-0.3, -0.25) is 0 Å². The lowest BCUT2D eigenvalue weighted by Crippen LogP contribution is -2.22. The molecule has 3 heteroatoms. The highest BCUT2D eigenvalue weighted by atomic mass is 32.2. The predicted molar refractivity (Wildman–Crippen MR) is 97.4 cm³/mol. The van der Waals surface area contributed by atoms with Crippen LogP contribution in [0.3, 0.4) is 0 Å². The summed E-state index contributed by atoms with van der Waals surface area (Å²) in [6, 6.07) is 16.8. The molecule has 2 aromatic carbocycles. The minimum Gasteiger partial charge on any atom is -0.488 e. The molecule has 0 atom stereocenters. The Hall–Kier alpha value is -1.45. The summed E-state index contributed by atoms with van der Waals surface area (Å²) in [5, 5.41) is 0. The zero-order chi connectivity index (χ0) is 17.1. The third kappa shape index (κ3) is 5.29. The van der Waals surface area contributed by atoms with E-state index in [1.54, 1.807) is 18.9 Å². The van der Waals surface area contributed by atoms with E-state index in [2.05, 4.69) is 71.0 Å². The van der Waals surface area contributed by atoms with Crippen LogP contribution >= 0.6 is 11.8 Å². The van der Waals surface area contributed by atoms with E-state index in [4.69, 9.17) is 9.47 Å². The highest BCUT2D eigenvalue weighted by Crippen LogP contribution is 2.32. The summed E-state index contributed by atoms with van der Waals surface area (Å²) in [5.41, 5.74) is 0.756. The van der Waals surface area contributed by atoms with Crippen molar-refractivity contribution in [2.45, 2.75) is 55.6 Å². The van der Waals surface area contributed by atoms with E-state index in [1.807, 2.05) is 12.1 Å². The molecule has 0 aromatic heterocycles. The van der Waals surface area contributed by atoms with Gasteiger partial charge in [0.25, 0.3) is 0 Å². The molecule has 2 aromatic rings. The van der Waals surface area contributed by atoms with Crippen LogP contribution in [0.4, 0.5) is 0 Å². The summed E-state index contributed by atoms with van der Waals surface area (Å²) in [7, 11) is 1.74. The zero-order valence-electron chi connectivity index (χ0n) is 14.8. The highest BCUT2D eigenvalue weighted by molar-refractivity contribution is 7.99. The fourth-order valence-electron chi connectivity index (χ4n) is 2.11. The monoisotopic (exact) mass is 330 g/mol. The molecule has 0 spiro atoms. The molecular weight excluding hydrogens is 304 g/mol. The van der Waals surface area contributed by atoms with Gasteiger partial charge in [0.05, 0.1) is 5.60 Å². The highest BCUT2D eigenvalue weighted by Gasteiger charge is 2.18. The average Bonchev–Trinajstić information content (AvgIpc) is 2.48. The molecule has 124 valence electrons. The van der Waals surface area contributed by atoms with Crippen molar-refractivity contribution in [3.8, 4) is 5.75 Å². The van der Waals surface area contributed by atoms with Gasteiger partial charge in [0, 0.05) is 16.9 Å². The summed E-state index contributed by atoms with van der Waals surface area (Å²) in [6.45, 7) is 10.3. The first kappa shape index (κ1) is 17.9. The first-order valence-corrected chi connectivity index (χ1v) is 8.64. The molecule has 0 aliphatic rings. The van der Waals surface area contributed by atoms with Crippen molar-refractivity contribution in [2.24, 2.45) is 0 Å². The molecule has 0 heterocycles. The standard InChI is InChI=1S/C20H26O2S/c1-19(2,3)22-16-9-13-18(14-10-16)23-17-11-7-15(8-12-17)20(4,5)21-6/h7-14H,1-6H3. The van der Waals surface area contributed by atoms with Gasteiger partial charge >= 0.3 is 0 Å². The molecule has 0 bridgehead atoms. The number of hydrogen-bond acceptors (Lipinski definition) is 3. The van der Waals surface area contributed by atoms with Crippen LogP contribution in [-0.2, 0) is 10.3 Å². The molecule has 0 saturated carbocycles. The van der Waals surface area contributed by atoms with Crippen molar-refractivity contribution < 1.29 is 9.47 Å². The van der Waals surface area contributed by atoms with Crippen LogP contribution in [0.5, 0.6) is 5.75 Å². The van der Waals surface area contributed by atoms with Gasteiger partial charge in [-0.2, -0.15) is 0 Å². The lowest BCUT2D eigenvalue weighted by Gasteiger charge is -2.23. The third-order valence-electron chi connectivity index (χ3n) is 3.54. The fourth-order valence-corrected chi connectivity index (χ4v) is 2.92. The molecule has 23 heavy (non-hydrogen) atoms. The van der Waals surface area contributed by atoms with Crippen molar-refractivity contribution in [3.63, 3.8) is 0 Å². The molecule has 0 N–H and O–H groups in total. The van der Waals surface area contributed by atoms with Crippen LogP contribution in [-0.4, -0.2) is 12.7 Å². The molecule has 2 nitrogen and oxygen atoms in total. The van der Waals surface area contributed by atoms with Gasteiger partial charge in [-0.15, -0.1) is 0 Å². The second-order valence-corrected chi connectivity index (χ2v) is 8.17. The second-order valence-electron chi connectivity index (χ2n) is 7.03. The largest absolute Gasteiger partial charge is 0.488 e. The maximum atomic E-state index is 5.85. The predicted octanol–water partition coefficient (Wildman–Crippen LogP) is 5.90. The Balaban J connectivity index is 2.05. The van der Waals surface area contributed by atoms with Gasteiger partial charge < -0.3 is 9.47 Å². The quantitative estimate of drug-likeness (QED) is 0.680. The Morgan fingerprint density at radius 1 is 0.739 bits per heavy atom. The van der Waals surface area contributed by atoms with Gasteiger partial charge in [-0.05, 0) is 76.6 Å². The van der Waals surface area contributed by atoms with E-state index in [1.165, 1.54) is 15.4 Å². The second kappa shape index (κ2) is 6.98. The van der Waals surface area contributed by atoms with E-state index in [0.717, 1.165) is 5.75 Å². The normalized spacial score (nSPS) is 12.3. The summed E-state index contributed by atoms with van der Waals surface area (Å²) < 4.78 is 11.4. The molecule has 0 aliphatic carbocycles. The number of rotatable bonds is 5. The number of benzene rings is 2. The minimum absolute atomic E-state index is 0.168. The summed E-state index contributed by atoms with van der Waals surface area (Å²) >= 11 is 1.74. The van der Waals surface area contributed by atoms with Gasteiger partial charge in [0.2, 0.25) is 0 Å². The van der Waals surface area contributed by atoms with Crippen LogP contribution in [0.15, 0.2) is 58.3 Å². The van der Waals surface area contributed by atoms with Gasteiger partial charge in [-0.25, -0.2) is 0 Å². The van der Waals surface area contributed by atoms with Crippen LogP contribution < -0.4 is 4.74 Å². The maximum absolute atomic E-state index is 5.85. The van der Waals surface area contributed by atoms with E-state index in [9.17, 15) is 0 Å². The van der Waals surface area contributed by atoms with Crippen molar-refractivity contribution in [3.05, 3.63) is 54.1 Å². The summed E-state index contributed by atoms with van der Waals surface area (Å²) in [4.78, 5) is 2.41. The van der Waals surface area contributed by atoms with Gasteiger partial charge in [0.1, 0.15) is 11.4 Å². The van der Waals surface area contributed by atoms with Gasteiger partial charge in [-0.1, -0.05) is 23.9 Å². The first-order valence-electron chi connectivity index (χ1n) is 7.82. The molecule has 0 saturated heterocycles. The molecule has 2 rings (SSSR count). The Kier molecular flexibility index (Phi) is 5.43. The summed E-state index contributed by atoms with van der Waals surface area (Å²) in [6.07, 6.45) is 0. The smallest absolute Gasteiger partial charge is 0.120 e. The fraction of sp³-hybridized carbons (Fsp3) is 0.400. The maximum Gasteiger partial charge on any atom is 0.120 e. The Morgan fingerprint density at radius 2 is 1.22 bits per heavy atom. The Bertz CT molecular complexity index is 622. The molecule has 0 radical (unpaired) electrons. The van der Waals surface area contributed by atoms with E-state index in [-0.39, 0.29) is 11.2 Å². The van der Waals surface area contributed by atoms with Crippen LogP contribution in [0.1, 0.15) is 40.2 Å². The van der Waals surface area contributed by atoms with E-state index in [0.29, 0.717) is 0 Å². The number of ether oxygens (including phenoxy) is 2. The van der Waals surface area contributed by atoms with Crippen molar-refractivity contribution in [2.75, 3.05) is 7.11 Å². The Labute approximate surface area is 144 Å². The molecule has 0 amide bonds. The third-order valence-corrected chi connectivity index (χ3v) is 4.56. The van der Waals surface area contributed by atoms with Crippen LogP contribution in [0.2, 0.25) is 0 Å². The van der Waals surface area contributed by atoms with E-state index < -0.39 is 0 Å². The molecule has 0 unspecified atom stereocenters. The average molecular weight is 330 g/mol. The number of hydrogen-bond donors (Lipinski definition) is 0. The van der Waals surface area contributed by atoms with Crippen molar-refractivity contribution in [1.29, 1.82) is 0 Å².